The average molecular weight is 360 g/mol. The van der Waals surface area contributed by atoms with Gasteiger partial charge in [-0.1, -0.05) is 18.2 Å². The Labute approximate surface area is 156 Å². The third-order valence-electron chi connectivity index (χ3n) is 4.24. The smallest absolute Gasteiger partial charge is 0.180 e. The molecule has 0 unspecified atom stereocenters. The topological polar surface area (TPSA) is 52.8 Å². The van der Waals surface area contributed by atoms with E-state index in [-0.39, 0.29) is 5.82 Å². The molecule has 2 aromatic heterocycles. The Kier molecular flexibility index (Phi) is 4.61. The van der Waals surface area contributed by atoms with Gasteiger partial charge in [-0.15, -0.1) is 0 Å². The minimum atomic E-state index is -0.258. The standard InChI is InChI=1S/C21H17FN4O/c1-27-17-9-7-15(8-10-17)20-13-19(21-23-11-4-12-24-21)25-26(20)14-16-5-2-3-6-18(16)22/h2-13H,14H2,1H3. The summed E-state index contributed by atoms with van der Waals surface area (Å²) < 4.78 is 21.2. The number of hydrogen-bond donors (Lipinski definition) is 0. The molecule has 0 fully saturated rings. The highest BCUT2D eigenvalue weighted by Gasteiger charge is 2.15. The Morgan fingerprint density at radius 1 is 0.963 bits per heavy atom. The van der Waals surface area contributed by atoms with Crippen molar-refractivity contribution in [2.75, 3.05) is 7.11 Å². The second-order valence-electron chi connectivity index (χ2n) is 5.96. The van der Waals surface area contributed by atoms with Gasteiger partial charge in [-0.3, -0.25) is 4.68 Å². The maximum Gasteiger partial charge on any atom is 0.180 e. The van der Waals surface area contributed by atoms with E-state index < -0.39 is 0 Å². The Balaban J connectivity index is 1.79. The summed E-state index contributed by atoms with van der Waals surface area (Å²) in [7, 11) is 1.63. The zero-order valence-corrected chi connectivity index (χ0v) is 14.7. The third-order valence-corrected chi connectivity index (χ3v) is 4.24. The number of benzene rings is 2. The summed E-state index contributed by atoms with van der Waals surface area (Å²) in [5.74, 6) is 1.04. The molecular weight excluding hydrogens is 343 g/mol. The number of nitrogens with zero attached hydrogens (tertiary/aromatic N) is 4. The normalized spacial score (nSPS) is 10.7. The molecule has 27 heavy (non-hydrogen) atoms. The van der Waals surface area contributed by atoms with Crippen LogP contribution in [-0.2, 0) is 6.54 Å². The number of ether oxygens (including phenoxy) is 1. The van der Waals surface area contributed by atoms with Gasteiger partial charge in [-0.2, -0.15) is 5.10 Å². The number of rotatable bonds is 5. The first-order valence-corrected chi connectivity index (χ1v) is 8.47. The average Bonchev–Trinajstić information content (AvgIpc) is 3.14. The molecule has 6 heteroatoms. The fourth-order valence-electron chi connectivity index (χ4n) is 2.86. The first kappa shape index (κ1) is 16.9. The molecule has 4 aromatic rings. The summed E-state index contributed by atoms with van der Waals surface area (Å²) in [5.41, 5.74) is 3.00. The maximum absolute atomic E-state index is 14.2. The quantitative estimate of drug-likeness (QED) is 0.535. The minimum absolute atomic E-state index is 0.258. The molecule has 2 heterocycles. The molecule has 2 aromatic carbocycles. The van der Waals surface area contributed by atoms with Gasteiger partial charge in [0.2, 0.25) is 0 Å². The minimum Gasteiger partial charge on any atom is -0.497 e. The summed E-state index contributed by atoms with van der Waals surface area (Å²) in [6.07, 6.45) is 3.34. The summed E-state index contributed by atoms with van der Waals surface area (Å²) in [6, 6.07) is 18.0. The predicted octanol–water partition coefficient (Wildman–Crippen LogP) is 4.20. The SMILES string of the molecule is COc1ccc(-c2cc(-c3ncccn3)nn2Cc2ccccc2F)cc1. The van der Waals surface area contributed by atoms with Crippen LogP contribution < -0.4 is 4.74 Å². The lowest BCUT2D eigenvalue weighted by molar-refractivity contribution is 0.415. The maximum atomic E-state index is 14.2. The van der Waals surface area contributed by atoms with Gasteiger partial charge in [-0.25, -0.2) is 14.4 Å². The summed E-state index contributed by atoms with van der Waals surface area (Å²) in [4.78, 5) is 8.54. The zero-order chi connectivity index (χ0) is 18.6. The first-order valence-electron chi connectivity index (χ1n) is 8.47. The van der Waals surface area contributed by atoms with Crippen LogP contribution in [0.4, 0.5) is 4.39 Å². The molecule has 0 amide bonds. The number of methoxy groups -OCH3 is 1. The van der Waals surface area contributed by atoms with Crippen LogP contribution in [0, 0.1) is 5.82 Å². The van der Waals surface area contributed by atoms with Gasteiger partial charge in [0.05, 0.1) is 19.3 Å². The molecule has 0 N–H and O–H groups in total. The number of halogens is 1. The lowest BCUT2D eigenvalue weighted by Gasteiger charge is -2.09. The lowest BCUT2D eigenvalue weighted by atomic mass is 10.1. The van der Waals surface area contributed by atoms with Crippen molar-refractivity contribution in [1.82, 2.24) is 19.7 Å². The zero-order valence-electron chi connectivity index (χ0n) is 14.7. The summed E-state index contributed by atoms with van der Waals surface area (Å²) in [6.45, 7) is 0.306. The number of hydrogen-bond acceptors (Lipinski definition) is 4. The van der Waals surface area contributed by atoms with Crippen molar-refractivity contribution >= 4 is 0 Å². The van der Waals surface area contributed by atoms with E-state index in [4.69, 9.17) is 4.74 Å². The van der Waals surface area contributed by atoms with Crippen LogP contribution in [0.3, 0.4) is 0 Å². The Hall–Kier alpha value is -3.54. The Morgan fingerprint density at radius 2 is 1.70 bits per heavy atom. The van der Waals surface area contributed by atoms with Gasteiger partial charge in [0, 0.05) is 23.5 Å². The lowest BCUT2D eigenvalue weighted by Crippen LogP contribution is -2.06. The van der Waals surface area contributed by atoms with Gasteiger partial charge < -0.3 is 4.74 Å². The van der Waals surface area contributed by atoms with E-state index in [0.29, 0.717) is 23.6 Å². The molecule has 0 aliphatic heterocycles. The van der Waals surface area contributed by atoms with E-state index in [0.717, 1.165) is 17.0 Å². The van der Waals surface area contributed by atoms with E-state index in [1.165, 1.54) is 6.07 Å². The van der Waals surface area contributed by atoms with Crippen LogP contribution in [0.1, 0.15) is 5.56 Å². The van der Waals surface area contributed by atoms with Gasteiger partial charge in [0.25, 0.3) is 0 Å². The van der Waals surface area contributed by atoms with Gasteiger partial charge >= 0.3 is 0 Å². The van der Waals surface area contributed by atoms with Crippen molar-refractivity contribution < 1.29 is 9.13 Å². The van der Waals surface area contributed by atoms with Crippen LogP contribution >= 0.6 is 0 Å². The molecule has 0 saturated carbocycles. The van der Waals surface area contributed by atoms with Crippen LogP contribution in [0.25, 0.3) is 22.8 Å². The molecule has 4 rings (SSSR count). The first-order chi connectivity index (χ1) is 13.2. The molecule has 0 spiro atoms. The highest BCUT2D eigenvalue weighted by molar-refractivity contribution is 5.66. The van der Waals surface area contributed by atoms with E-state index in [2.05, 4.69) is 15.1 Å². The van der Waals surface area contributed by atoms with Crippen molar-refractivity contribution in [2.24, 2.45) is 0 Å². The predicted molar refractivity (Wildman–Crippen MR) is 101 cm³/mol. The highest BCUT2D eigenvalue weighted by atomic mass is 19.1. The van der Waals surface area contributed by atoms with Crippen molar-refractivity contribution in [3.63, 3.8) is 0 Å². The highest BCUT2D eigenvalue weighted by Crippen LogP contribution is 2.27. The molecule has 0 radical (unpaired) electrons. The van der Waals surface area contributed by atoms with E-state index in [1.54, 1.807) is 42.4 Å². The molecule has 0 saturated heterocycles. The Morgan fingerprint density at radius 3 is 2.41 bits per heavy atom. The van der Waals surface area contributed by atoms with Crippen molar-refractivity contribution in [2.45, 2.75) is 6.54 Å². The van der Waals surface area contributed by atoms with Crippen LogP contribution in [-0.4, -0.2) is 26.9 Å². The monoisotopic (exact) mass is 360 g/mol. The summed E-state index contributed by atoms with van der Waals surface area (Å²) >= 11 is 0. The fraction of sp³-hybridized carbons (Fsp3) is 0.0952. The molecule has 134 valence electrons. The van der Waals surface area contributed by atoms with Gasteiger partial charge in [0.1, 0.15) is 17.3 Å². The van der Waals surface area contributed by atoms with Crippen molar-refractivity contribution in [3.8, 4) is 28.5 Å². The second-order valence-corrected chi connectivity index (χ2v) is 5.96. The largest absolute Gasteiger partial charge is 0.497 e. The molecule has 0 aliphatic rings. The molecule has 0 aliphatic carbocycles. The fourth-order valence-corrected chi connectivity index (χ4v) is 2.86. The van der Waals surface area contributed by atoms with Crippen LogP contribution in [0.15, 0.2) is 73.1 Å². The summed E-state index contributed by atoms with van der Waals surface area (Å²) in [5, 5.41) is 4.63. The molecule has 5 nitrogen and oxygen atoms in total. The molecule has 0 bridgehead atoms. The van der Waals surface area contributed by atoms with Gasteiger partial charge in [-0.05, 0) is 42.5 Å². The Bertz CT molecular complexity index is 1050. The second kappa shape index (κ2) is 7.37. The van der Waals surface area contributed by atoms with Gasteiger partial charge in [0.15, 0.2) is 5.82 Å². The van der Waals surface area contributed by atoms with E-state index in [1.807, 2.05) is 36.4 Å². The van der Waals surface area contributed by atoms with E-state index >= 15 is 0 Å². The number of aromatic nitrogens is 4. The van der Waals surface area contributed by atoms with Crippen molar-refractivity contribution in [3.05, 3.63) is 84.4 Å². The van der Waals surface area contributed by atoms with Crippen molar-refractivity contribution in [1.29, 1.82) is 0 Å². The van der Waals surface area contributed by atoms with E-state index in [9.17, 15) is 4.39 Å². The van der Waals surface area contributed by atoms with Crippen LogP contribution in [0.5, 0.6) is 5.75 Å². The third kappa shape index (κ3) is 3.55. The molecule has 0 atom stereocenters. The van der Waals surface area contributed by atoms with Crippen LogP contribution in [0.2, 0.25) is 0 Å². The molecular formula is C21H17FN4O.